The first-order valence-electron chi connectivity index (χ1n) is 5.62. The lowest BCUT2D eigenvalue weighted by molar-refractivity contribution is 1.24. The van der Waals surface area contributed by atoms with Crippen LogP contribution in [0.3, 0.4) is 0 Å². The second-order valence-corrected chi connectivity index (χ2v) is 3.96. The van der Waals surface area contributed by atoms with Crippen LogP contribution in [-0.4, -0.2) is 15.0 Å². The van der Waals surface area contributed by atoms with E-state index in [1.165, 1.54) is 6.07 Å². The van der Waals surface area contributed by atoms with Crippen molar-refractivity contribution in [1.29, 1.82) is 0 Å². The van der Waals surface area contributed by atoms with Gasteiger partial charge in [-0.25, -0.2) is 4.98 Å². The molecule has 3 aromatic rings. The summed E-state index contributed by atoms with van der Waals surface area (Å²) >= 11 is 0. The number of hydrogen-bond donors (Lipinski definition) is 2. The average molecular weight is 237 g/mol. The maximum Gasteiger partial charge on any atom is 0.247 e. The van der Waals surface area contributed by atoms with Gasteiger partial charge in [-0.2, -0.15) is 0 Å². The summed E-state index contributed by atoms with van der Waals surface area (Å²) < 4.78 is 0. The molecule has 4 heteroatoms. The molecule has 0 saturated heterocycles. The van der Waals surface area contributed by atoms with Crippen LogP contribution in [-0.2, 0) is 0 Å². The molecule has 0 amide bonds. The number of H-pyrrole nitrogens is 2. The minimum Gasteiger partial charge on any atom is -0.345 e. The summed E-state index contributed by atoms with van der Waals surface area (Å²) in [4.78, 5) is 20.9. The van der Waals surface area contributed by atoms with E-state index < -0.39 is 0 Å². The summed E-state index contributed by atoms with van der Waals surface area (Å²) in [5, 5.41) is 0. The van der Waals surface area contributed by atoms with Crippen LogP contribution in [0.15, 0.2) is 59.8 Å². The fourth-order valence-corrected chi connectivity index (χ4v) is 1.83. The Bertz CT molecular complexity index is 676. The van der Waals surface area contributed by atoms with Gasteiger partial charge in [0.2, 0.25) is 5.56 Å². The van der Waals surface area contributed by atoms with E-state index in [2.05, 4.69) is 15.0 Å². The fourth-order valence-electron chi connectivity index (χ4n) is 1.83. The lowest BCUT2D eigenvalue weighted by atomic mass is 10.1. The van der Waals surface area contributed by atoms with Crippen LogP contribution in [0.25, 0.3) is 22.5 Å². The van der Waals surface area contributed by atoms with Crippen LogP contribution in [0.2, 0.25) is 0 Å². The van der Waals surface area contributed by atoms with Gasteiger partial charge in [0.1, 0.15) is 5.82 Å². The molecule has 0 unspecified atom stereocenters. The van der Waals surface area contributed by atoms with Gasteiger partial charge in [-0.15, -0.1) is 0 Å². The Kier molecular flexibility index (Phi) is 2.53. The van der Waals surface area contributed by atoms with Crippen molar-refractivity contribution >= 4 is 0 Å². The van der Waals surface area contributed by atoms with Gasteiger partial charge in [-0.05, 0) is 17.2 Å². The van der Waals surface area contributed by atoms with Crippen LogP contribution in [0.4, 0.5) is 0 Å². The maximum atomic E-state index is 11.0. The van der Waals surface area contributed by atoms with Crippen LogP contribution in [0.1, 0.15) is 0 Å². The van der Waals surface area contributed by atoms with Crippen LogP contribution in [0.5, 0.6) is 0 Å². The molecule has 0 bridgehead atoms. The van der Waals surface area contributed by atoms with E-state index in [4.69, 9.17) is 0 Å². The van der Waals surface area contributed by atoms with Crippen LogP contribution >= 0.6 is 0 Å². The molecular formula is C14H11N3O. The summed E-state index contributed by atoms with van der Waals surface area (Å²) in [5.41, 5.74) is 2.99. The summed E-state index contributed by atoms with van der Waals surface area (Å²) in [6.45, 7) is 0. The second kappa shape index (κ2) is 4.33. The van der Waals surface area contributed by atoms with E-state index in [9.17, 15) is 4.79 Å². The Balaban J connectivity index is 1.96. The van der Waals surface area contributed by atoms with Gasteiger partial charge in [0, 0.05) is 30.2 Å². The molecule has 0 atom stereocenters. The average Bonchev–Trinajstić information content (AvgIpc) is 2.94. The third-order valence-corrected chi connectivity index (χ3v) is 2.77. The predicted molar refractivity (Wildman–Crippen MR) is 70.1 cm³/mol. The highest BCUT2D eigenvalue weighted by Gasteiger charge is 2.01. The van der Waals surface area contributed by atoms with Gasteiger partial charge < -0.3 is 9.97 Å². The van der Waals surface area contributed by atoms with E-state index in [1.807, 2.05) is 24.3 Å². The van der Waals surface area contributed by atoms with Gasteiger partial charge in [0.25, 0.3) is 0 Å². The molecule has 1 aromatic carbocycles. The molecule has 0 fully saturated rings. The molecular weight excluding hydrogens is 226 g/mol. The largest absolute Gasteiger partial charge is 0.345 e. The Morgan fingerprint density at radius 2 is 1.56 bits per heavy atom. The second-order valence-electron chi connectivity index (χ2n) is 3.96. The number of nitrogens with one attached hydrogen (secondary N) is 2. The van der Waals surface area contributed by atoms with E-state index >= 15 is 0 Å². The van der Waals surface area contributed by atoms with E-state index in [-0.39, 0.29) is 5.56 Å². The number of benzene rings is 1. The summed E-state index contributed by atoms with van der Waals surface area (Å²) in [6.07, 6.45) is 5.24. The molecule has 0 aliphatic heterocycles. The predicted octanol–water partition coefficient (Wildman–Crippen LogP) is 2.43. The number of pyridine rings is 1. The van der Waals surface area contributed by atoms with Crippen LogP contribution < -0.4 is 5.56 Å². The van der Waals surface area contributed by atoms with Crippen molar-refractivity contribution in [1.82, 2.24) is 15.0 Å². The first kappa shape index (κ1) is 10.5. The molecule has 2 N–H and O–H groups in total. The zero-order valence-corrected chi connectivity index (χ0v) is 9.55. The van der Waals surface area contributed by atoms with Crippen molar-refractivity contribution in [3.8, 4) is 22.5 Å². The zero-order chi connectivity index (χ0) is 12.4. The third kappa shape index (κ3) is 1.96. The van der Waals surface area contributed by atoms with Gasteiger partial charge >= 0.3 is 0 Å². The Morgan fingerprint density at radius 3 is 2.17 bits per heavy atom. The van der Waals surface area contributed by atoms with Crippen molar-refractivity contribution in [2.75, 3.05) is 0 Å². The van der Waals surface area contributed by atoms with Gasteiger partial charge in [-0.3, -0.25) is 4.79 Å². The fraction of sp³-hybridized carbons (Fsp3) is 0. The number of aromatic amines is 2. The normalized spacial score (nSPS) is 10.4. The molecule has 3 rings (SSSR count). The minimum absolute atomic E-state index is 0.0917. The first-order chi connectivity index (χ1) is 8.83. The summed E-state index contributed by atoms with van der Waals surface area (Å²) in [5.74, 6) is 0.850. The summed E-state index contributed by atoms with van der Waals surface area (Å²) in [6, 6.07) is 11.3. The molecule has 0 radical (unpaired) electrons. The Labute approximate surface area is 103 Å². The third-order valence-electron chi connectivity index (χ3n) is 2.77. The highest BCUT2D eigenvalue weighted by molar-refractivity contribution is 5.66. The number of nitrogens with zero attached hydrogens (tertiary/aromatic N) is 1. The standard InChI is InChI=1S/C14H11N3O/c18-13-6-5-12(9-17-13)10-1-3-11(4-2-10)14-15-7-8-16-14/h1-9H,(H,15,16)(H,17,18). The number of hydrogen-bond acceptors (Lipinski definition) is 2. The monoisotopic (exact) mass is 237 g/mol. The number of imidazole rings is 1. The topological polar surface area (TPSA) is 61.5 Å². The molecule has 2 heterocycles. The highest BCUT2D eigenvalue weighted by Crippen LogP contribution is 2.21. The van der Waals surface area contributed by atoms with Gasteiger partial charge in [0.05, 0.1) is 0 Å². The lowest BCUT2D eigenvalue weighted by Gasteiger charge is -2.02. The van der Waals surface area contributed by atoms with Crippen molar-refractivity contribution in [3.63, 3.8) is 0 Å². The van der Waals surface area contributed by atoms with Crippen molar-refractivity contribution < 1.29 is 0 Å². The first-order valence-corrected chi connectivity index (χ1v) is 5.62. The molecule has 0 aliphatic carbocycles. The van der Waals surface area contributed by atoms with E-state index in [0.29, 0.717) is 0 Å². The maximum absolute atomic E-state index is 11.0. The number of rotatable bonds is 2. The molecule has 0 aliphatic rings. The molecule has 0 saturated carbocycles. The Morgan fingerprint density at radius 1 is 0.833 bits per heavy atom. The van der Waals surface area contributed by atoms with Crippen molar-refractivity contribution in [2.45, 2.75) is 0 Å². The zero-order valence-electron chi connectivity index (χ0n) is 9.55. The van der Waals surface area contributed by atoms with E-state index in [0.717, 1.165) is 22.5 Å². The highest BCUT2D eigenvalue weighted by atomic mass is 16.1. The lowest BCUT2D eigenvalue weighted by Crippen LogP contribution is -2.01. The number of aromatic nitrogens is 3. The molecule has 0 spiro atoms. The molecule has 4 nitrogen and oxygen atoms in total. The van der Waals surface area contributed by atoms with Gasteiger partial charge in [0.15, 0.2) is 0 Å². The van der Waals surface area contributed by atoms with Crippen molar-refractivity contribution in [2.24, 2.45) is 0 Å². The summed E-state index contributed by atoms with van der Waals surface area (Å²) in [7, 11) is 0. The minimum atomic E-state index is -0.0917. The molecule has 2 aromatic heterocycles. The quantitative estimate of drug-likeness (QED) is 0.719. The molecule has 18 heavy (non-hydrogen) atoms. The van der Waals surface area contributed by atoms with Crippen molar-refractivity contribution in [3.05, 3.63) is 65.3 Å². The SMILES string of the molecule is O=c1ccc(-c2ccc(-c3ncc[nH]3)cc2)c[nH]1. The Hall–Kier alpha value is -2.62. The van der Waals surface area contributed by atoms with Gasteiger partial charge in [-0.1, -0.05) is 24.3 Å². The molecule has 88 valence electrons. The van der Waals surface area contributed by atoms with Crippen LogP contribution in [0, 0.1) is 0 Å². The smallest absolute Gasteiger partial charge is 0.247 e. The van der Waals surface area contributed by atoms with E-state index in [1.54, 1.807) is 24.7 Å².